The Labute approximate surface area is 125 Å². The molecule has 6 heteroatoms. The third-order valence-electron chi connectivity index (χ3n) is 2.83. The SMILES string of the molecule is N#Cc1cccc(CNC(=O)c2cccc(OC(F)F)c2)c1. The van der Waals surface area contributed by atoms with Crippen LogP contribution in [0.15, 0.2) is 48.5 Å². The van der Waals surface area contributed by atoms with Gasteiger partial charge in [0.25, 0.3) is 5.91 Å². The van der Waals surface area contributed by atoms with Gasteiger partial charge in [-0.25, -0.2) is 0 Å². The van der Waals surface area contributed by atoms with Crippen LogP contribution >= 0.6 is 0 Å². The second-order valence-electron chi connectivity index (χ2n) is 4.40. The number of nitrogens with zero attached hydrogens (tertiary/aromatic N) is 1. The zero-order chi connectivity index (χ0) is 15.9. The van der Waals surface area contributed by atoms with Crippen molar-refractivity contribution in [3.8, 4) is 11.8 Å². The fourth-order valence-corrected chi connectivity index (χ4v) is 1.85. The smallest absolute Gasteiger partial charge is 0.387 e. The van der Waals surface area contributed by atoms with Crippen molar-refractivity contribution in [3.63, 3.8) is 0 Å². The molecule has 0 bridgehead atoms. The van der Waals surface area contributed by atoms with Crippen LogP contribution in [0.2, 0.25) is 0 Å². The molecule has 0 unspecified atom stereocenters. The van der Waals surface area contributed by atoms with Crippen LogP contribution in [0.5, 0.6) is 5.75 Å². The highest BCUT2D eigenvalue weighted by atomic mass is 19.3. The second kappa shape index (κ2) is 7.18. The van der Waals surface area contributed by atoms with Crippen molar-refractivity contribution in [1.82, 2.24) is 5.32 Å². The van der Waals surface area contributed by atoms with E-state index in [9.17, 15) is 13.6 Å². The fourth-order valence-electron chi connectivity index (χ4n) is 1.85. The van der Waals surface area contributed by atoms with E-state index in [4.69, 9.17) is 5.26 Å². The molecule has 0 saturated heterocycles. The van der Waals surface area contributed by atoms with Gasteiger partial charge in [-0.2, -0.15) is 14.0 Å². The van der Waals surface area contributed by atoms with Gasteiger partial charge >= 0.3 is 6.61 Å². The summed E-state index contributed by atoms with van der Waals surface area (Å²) in [7, 11) is 0. The number of carbonyl (C=O) groups is 1. The highest BCUT2D eigenvalue weighted by Crippen LogP contribution is 2.16. The van der Waals surface area contributed by atoms with Gasteiger partial charge < -0.3 is 10.1 Å². The Kier molecular flexibility index (Phi) is 5.04. The molecule has 0 aliphatic carbocycles. The standard InChI is InChI=1S/C16H12F2N2O2/c17-16(18)22-14-6-2-5-13(8-14)15(21)20-10-12-4-1-3-11(7-12)9-19/h1-8,16H,10H2,(H,20,21). The maximum Gasteiger partial charge on any atom is 0.387 e. The van der Waals surface area contributed by atoms with Gasteiger partial charge in [0.1, 0.15) is 5.75 Å². The Morgan fingerprint density at radius 1 is 1.23 bits per heavy atom. The third kappa shape index (κ3) is 4.28. The monoisotopic (exact) mass is 302 g/mol. The van der Waals surface area contributed by atoms with Crippen molar-refractivity contribution in [1.29, 1.82) is 5.26 Å². The molecular formula is C16H12F2N2O2. The maximum absolute atomic E-state index is 12.1. The first-order valence-electron chi connectivity index (χ1n) is 6.40. The summed E-state index contributed by atoms with van der Waals surface area (Å²) in [5.74, 6) is -0.490. The number of carbonyl (C=O) groups excluding carboxylic acids is 1. The molecule has 0 spiro atoms. The Morgan fingerprint density at radius 2 is 2.00 bits per heavy atom. The molecule has 0 heterocycles. The average Bonchev–Trinajstić information content (AvgIpc) is 2.52. The number of halogens is 2. The van der Waals surface area contributed by atoms with Gasteiger partial charge in [0.2, 0.25) is 0 Å². The summed E-state index contributed by atoms with van der Waals surface area (Å²) in [6.45, 7) is -2.71. The van der Waals surface area contributed by atoms with Crippen molar-refractivity contribution in [3.05, 3.63) is 65.2 Å². The normalized spacial score (nSPS) is 10.1. The predicted octanol–water partition coefficient (Wildman–Crippen LogP) is 3.09. The first kappa shape index (κ1) is 15.4. The minimum atomic E-state index is -2.94. The molecule has 0 aliphatic heterocycles. The van der Waals surface area contributed by atoms with Gasteiger partial charge in [0, 0.05) is 12.1 Å². The second-order valence-corrected chi connectivity index (χ2v) is 4.40. The molecule has 0 radical (unpaired) electrons. The Balaban J connectivity index is 2.01. The topological polar surface area (TPSA) is 62.1 Å². The highest BCUT2D eigenvalue weighted by Gasteiger charge is 2.09. The number of hydrogen-bond donors (Lipinski definition) is 1. The van der Waals surface area contributed by atoms with Crippen LogP contribution in [-0.2, 0) is 6.54 Å². The lowest BCUT2D eigenvalue weighted by atomic mass is 10.1. The van der Waals surface area contributed by atoms with Crippen molar-refractivity contribution in [2.75, 3.05) is 0 Å². The number of rotatable bonds is 5. The molecule has 0 aromatic heterocycles. The molecule has 0 saturated carbocycles. The lowest BCUT2D eigenvalue weighted by Crippen LogP contribution is -2.22. The van der Waals surface area contributed by atoms with Crippen LogP contribution in [0, 0.1) is 11.3 Å². The Morgan fingerprint density at radius 3 is 2.73 bits per heavy atom. The van der Waals surface area contributed by atoms with Crippen molar-refractivity contribution < 1.29 is 18.3 Å². The molecule has 2 aromatic carbocycles. The molecule has 22 heavy (non-hydrogen) atoms. The quantitative estimate of drug-likeness (QED) is 0.923. The first-order valence-corrected chi connectivity index (χ1v) is 6.40. The van der Waals surface area contributed by atoms with Crippen molar-refractivity contribution in [2.24, 2.45) is 0 Å². The van der Waals surface area contributed by atoms with Gasteiger partial charge in [0.05, 0.1) is 11.6 Å². The van der Waals surface area contributed by atoms with Crippen LogP contribution in [0.4, 0.5) is 8.78 Å². The van der Waals surface area contributed by atoms with Gasteiger partial charge in [-0.3, -0.25) is 4.79 Å². The third-order valence-corrected chi connectivity index (χ3v) is 2.83. The van der Waals surface area contributed by atoms with E-state index in [2.05, 4.69) is 10.1 Å². The summed E-state index contributed by atoms with van der Waals surface area (Å²) in [4.78, 5) is 12.0. The molecule has 2 rings (SSSR count). The Bertz CT molecular complexity index is 711. The molecule has 112 valence electrons. The number of nitrogens with one attached hydrogen (secondary N) is 1. The van der Waals surface area contributed by atoms with E-state index in [1.165, 1.54) is 24.3 Å². The lowest BCUT2D eigenvalue weighted by Gasteiger charge is -2.08. The van der Waals surface area contributed by atoms with E-state index in [1.54, 1.807) is 24.3 Å². The number of ether oxygens (including phenoxy) is 1. The van der Waals surface area contributed by atoms with Crippen LogP contribution in [0.3, 0.4) is 0 Å². The van der Waals surface area contributed by atoms with E-state index < -0.39 is 12.5 Å². The van der Waals surface area contributed by atoms with Crippen LogP contribution in [0.25, 0.3) is 0 Å². The summed E-state index contributed by atoms with van der Waals surface area (Å²) in [5.41, 5.74) is 1.49. The largest absolute Gasteiger partial charge is 0.435 e. The van der Waals surface area contributed by atoms with Crippen molar-refractivity contribution >= 4 is 5.91 Å². The van der Waals surface area contributed by atoms with E-state index in [1.807, 2.05) is 6.07 Å². The number of hydrogen-bond acceptors (Lipinski definition) is 3. The molecule has 1 amide bonds. The maximum atomic E-state index is 12.1. The molecule has 1 N–H and O–H groups in total. The number of nitriles is 1. The summed E-state index contributed by atoms with van der Waals surface area (Å²) in [5, 5.41) is 11.5. The lowest BCUT2D eigenvalue weighted by molar-refractivity contribution is -0.0498. The van der Waals surface area contributed by atoms with E-state index >= 15 is 0 Å². The average molecular weight is 302 g/mol. The fraction of sp³-hybridized carbons (Fsp3) is 0.125. The van der Waals surface area contributed by atoms with Gasteiger partial charge in [0.15, 0.2) is 0 Å². The zero-order valence-electron chi connectivity index (χ0n) is 11.4. The first-order chi connectivity index (χ1) is 10.6. The minimum Gasteiger partial charge on any atom is -0.435 e. The minimum absolute atomic E-state index is 0.0749. The number of benzene rings is 2. The molecule has 0 fully saturated rings. The zero-order valence-corrected chi connectivity index (χ0v) is 11.4. The summed E-state index contributed by atoms with van der Waals surface area (Å²) in [6.07, 6.45) is 0. The van der Waals surface area contributed by atoms with Crippen molar-refractivity contribution in [2.45, 2.75) is 13.2 Å². The highest BCUT2D eigenvalue weighted by molar-refractivity contribution is 5.94. The number of alkyl halides is 2. The summed E-state index contributed by atoms with van der Waals surface area (Å²) in [6, 6.07) is 14.4. The Hall–Kier alpha value is -2.94. The predicted molar refractivity (Wildman–Crippen MR) is 75.4 cm³/mol. The molecular weight excluding hydrogens is 290 g/mol. The number of amides is 1. The van der Waals surface area contributed by atoms with Crippen LogP contribution in [-0.4, -0.2) is 12.5 Å². The molecule has 2 aromatic rings. The van der Waals surface area contributed by atoms with Crippen LogP contribution < -0.4 is 10.1 Å². The van der Waals surface area contributed by atoms with Gasteiger partial charge in [-0.05, 0) is 35.9 Å². The summed E-state index contributed by atoms with van der Waals surface area (Å²) >= 11 is 0. The van der Waals surface area contributed by atoms with E-state index in [0.29, 0.717) is 5.56 Å². The van der Waals surface area contributed by atoms with Gasteiger partial charge in [-0.15, -0.1) is 0 Å². The van der Waals surface area contributed by atoms with Crippen LogP contribution in [0.1, 0.15) is 21.5 Å². The van der Waals surface area contributed by atoms with Gasteiger partial charge in [-0.1, -0.05) is 18.2 Å². The van der Waals surface area contributed by atoms with E-state index in [-0.39, 0.29) is 17.9 Å². The van der Waals surface area contributed by atoms with E-state index in [0.717, 1.165) is 5.56 Å². The molecule has 0 aliphatic rings. The summed E-state index contributed by atoms with van der Waals surface area (Å²) < 4.78 is 28.5. The molecule has 4 nitrogen and oxygen atoms in total. The molecule has 0 atom stereocenters.